The number of rotatable bonds is 6. The maximum absolute atomic E-state index is 11.5. The first-order valence-electron chi connectivity index (χ1n) is 6.80. The number of methoxy groups -OCH3 is 1. The van der Waals surface area contributed by atoms with Crippen molar-refractivity contribution in [3.05, 3.63) is 29.3 Å². The highest BCUT2D eigenvalue weighted by atomic mass is 16.5. The molecule has 1 atom stereocenters. The number of nitrogens with one attached hydrogen (secondary N) is 1. The molecule has 1 aromatic carbocycles. The summed E-state index contributed by atoms with van der Waals surface area (Å²) in [6.07, 6.45) is 2.34. The van der Waals surface area contributed by atoms with Gasteiger partial charge in [0.1, 0.15) is 5.75 Å². The number of carbonyl (C=O) groups excluding carboxylic acids is 1. The maximum atomic E-state index is 11.5. The van der Waals surface area contributed by atoms with Crippen LogP contribution in [0.4, 0.5) is 0 Å². The van der Waals surface area contributed by atoms with Crippen LogP contribution in [0.3, 0.4) is 0 Å². The second kappa shape index (κ2) is 6.57. The minimum absolute atomic E-state index is 0.0123. The van der Waals surface area contributed by atoms with Gasteiger partial charge in [0.25, 0.3) is 0 Å². The van der Waals surface area contributed by atoms with Crippen LogP contribution in [-0.2, 0) is 16.0 Å². The summed E-state index contributed by atoms with van der Waals surface area (Å²) in [7, 11) is 1.43. The van der Waals surface area contributed by atoms with Gasteiger partial charge in [-0.15, -0.1) is 0 Å². The Labute approximate surface area is 114 Å². The van der Waals surface area contributed by atoms with E-state index in [9.17, 15) is 4.79 Å². The monoisotopic (exact) mass is 263 g/mol. The van der Waals surface area contributed by atoms with E-state index in [2.05, 4.69) is 18.3 Å². The van der Waals surface area contributed by atoms with Crippen LogP contribution in [0.5, 0.6) is 5.75 Å². The van der Waals surface area contributed by atoms with Crippen molar-refractivity contribution in [2.45, 2.75) is 32.2 Å². The summed E-state index contributed by atoms with van der Waals surface area (Å²) in [5.41, 5.74) is 2.36. The zero-order valence-electron chi connectivity index (χ0n) is 11.6. The molecule has 19 heavy (non-hydrogen) atoms. The molecule has 1 heterocycles. The van der Waals surface area contributed by atoms with Gasteiger partial charge in [0.2, 0.25) is 0 Å². The molecule has 104 valence electrons. The Balaban J connectivity index is 2.14. The van der Waals surface area contributed by atoms with Crippen molar-refractivity contribution >= 4 is 5.97 Å². The topological polar surface area (TPSA) is 47.6 Å². The number of esters is 1. The van der Waals surface area contributed by atoms with E-state index in [1.807, 2.05) is 12.1 Å². The molecule has 1 aromatic rings. The molecule has 1 N–H and O–H groups in total. The van der Waals surface area contributed by atoms with Crippen LogP contribution >= 0.6 is 0 Å². The minimum Gasteiger partial charge on any atom is -0.493 e. The second-order valence-corrected chi connectivity index (χ2v) is 4.75. The lowest BCUT2D eigenvalue weighted by molar-refractivity contribution is -0.141. The van der Waals surface area contributed by atoms with E-state index in [0.717, 1.165) is 37.3 Å². The van der Waals surface area contributed by atoms with Crippen LogP contribution in [0.25, 0.3) is 0 Å². The van der Waals surface area contributed by atoms with Gasteiger partial charge < -0.3 is 14.8 Å². The van der Waals surface area contributed by atoms with E-state index in [0.29, 0.717) is 6.42 Å². The van der Waals surface area contributed by atoms with Crippen molar-refractivity contribution in [1.29, 1.82) is 0 Å². The molecule has 1 unspecified atom stereocenters. The highest BCUT2D eigenvalue weighted by Crippen LogP contribution is 2.29. The molecule has 0 fully saturated rings. The Morgan fingerprint density at radius 2 is 2.37 bits per heavy atom. The van der Waals surface area contributed by atoms with Gasteiger partial charge >= 0.3 is 5.97 Å². The van der Waals surface area contributed by atoms with Crippen LogP contribution in [0.15, 0.2) is 18.2 Å². The van der Waals surface area contributed by atoms with Gasteiger partial charge in [0.05, 0.1) is 20.1 Å². The summed E-state index contributed by atoms with van der Waals surface area (Å²) in [5.74, 6) is 0.779. The molecule has 0 amide bonds. The van der Waals surface area contributed by atoms with Crippen LogP contribution in [0.1, 0.15) is 36.9 Å². The molecule has 0 bridgehead atoms. The second-order valence-electron chi connectivity index (χ2n) is 4.75. The smallest absolute Gasteiger partial charge is 0.307 e. The first kappa shape index (κ1) is 13.9. The van der Waals surface area contributed by atoms with Crippen LogP contribution in [0.2, 0.25) is 0 Å². The maximum Gasteiger partial charge on any atom is 0.307 e. The average molecular weight is 263 g/mol. The number of carbonyl (C=O) groups is 1. The molecule has 0 aliphatic carbocycles. The van der Waals surface area contributed by atoms with E-state index >= 15 is 0 Å². The molecule has 4 nitrogen and oxygen atoms in total. The van der Waals surface area contributed by atoms with Gasteiger partial charge in [0.15, 0.2) is 0 Å². The lowest BCUT2D eigenvalue weighted by Gasteiger charge is -2.18. The van der Waals surface area contributed by atoms with Crippen molar-refractivity contribution in [1.82, 2.24) is 5.32 Å². The summed E-state index contributed by atoms with van der Waals surface area (Å²) in [6, 6.07) is 6.17. The van der Waals surface area contributed by atoms with Crippen molar-refractivity contribution in [2.75, 3.05) is 20.3 Å². The van der Waals surface area contributed by atoms with E-state index in [1.54, 1.807) is 0 Å². The number of hydrogen-bond donors (Lipinski definition) is 1. The Morgan fingerprint density at radius 1 is 1.53 bits per heavy atom. The van der Waals surface area contributed by atoms with Gasteiger partial charge in [-0.25, -0.2) is 0 Å². The van der Waals surface area contributed by atoms with E-state index < -0.39 is 0 Å². The normalized spacial score (nSPS) is 14.6. The lowest BCUT2D eigenvalue weighted by Crippen LogP contribution is -2.25. The van der Waals surface area contributed by atoms with E-state index in [-0.39, 0.29) is 12.0 Å². The number of hydrogen-bond acceptors (Lipinski definition) is 4. The van der Waals surface area contributed by atoms with E-state index in [4.69, 9.17) is 9.47 Å². The van der Waals surface area contributed by atoms with Gasteiger partial charge in [-0.3, -0.25) is 4.79 Å². The highest BCUT2D eigenvalue weighted by Gasteiger charge is 2.19. The Kier molecular flexibility index (Phi) is 4.80. The van der Waals surface area contributed by atoms with Gasteiger partial charge in [-0.1, -0.05) is 19.1 Å². The largest absolute Gasteiger partial charge is 0.493 e. The van der Waals surface area contributed by atoms with Gasteiger partial charge in [-0.2, -0.15) is 0 Å². The molecular formula is C15H21NO3. The van der Waals surface area contributed by atoms with Crippen molar-refractivity contribution in [3.8, 4) is 5.75 Å². The molecule has 4 heteroatoms. The molecule has 1 aliphatic rings. The number of benzene rings is 1. The van der Waals surface area contributed by atoms with Crippen molar-refractivity contribution < 1.29 is 14.3 Å². The molecule has 0 aromatic heterocycles. The number of fused-ring (bicyclic) bond motifs is 1. The van der Waals surface area contributed by atoms with Crippen LogP contribution in [0, 0.1) is 0 Å². The third-order valence-electron chi connectivity index (χ3n) is 3.36. The fourth-order valence-electron chi connectivity index (χ4n) is 2.30. The molecule has 2 rings (SSSR count). The standard InChI is InChI=1S/C15H21NO3/c1-3-7-16-13(10-15(17)18-2)11-4-5-14-12(9-11)6-8-19-14/h4-5,9,13,16H,3,6-8,10H2,1-2H3. The molecule has 1 aliphatic heterocycles. The lowest BCUT2D eigenvalue weighted by atomic mass is 10.00. The summed E-state index contributed by atoms with van der Waals surface area (Å²) < 4.78 is 10.3. The summed E-state index contributed by atoms with van der Waals surface area (Å²) in [5, 5.41) is 3.40. The SMILES string of the molecule is CCCNC(CC(=O)OC)c1ccc2c(c1)CCO2. The zero-order chi connectivity index (χ0) is 13.7. The Bertz CT molecular complexity index is 445. The molecule has 0 saturated heterocycles. The third kappa shape index (κ3) is 3.47. The minimum atomic E-state index is -0.189. The third-order valence-corrected chi connectivity index (χ3v) is 3.36. The van der Waals surface area contributed by atoms with Gasteiger partial charge in [-0.05, 0) is 30.2 Å². The molecule has 0 spiro atoms. The van der Waals surface area contributed by atoms with Gasteiger partial charge in [0, 0.05) is 12.5 Å². The van der Waals surface area contributed by atoms with Crippen LogP contribution < -0.4 is 10.1 Å². The Hall–Kier alpha value is -1.55. The zero-order valence-corrected chi connectivity index (χ0v) is 11.6. The fraction of sp³-hybridized carbons (Fsp3) is 0.533. The molecule has 0 saturated carbocycles. The summed E-state index contributed by atoms with van der Waals surface area (Å²) in [4.78, 5) is 11.5. The summed E-state index contributed by atoms with van der Waals surface area (Å²) in [6.45, 7) is 3.75. The Morgan fingerprint density at radius 3 is 3.11 bits per heavy atom. The summed E-state index contributed by atoms with van der Waals surface area (Å²) >= 11 is 0. The predicted molar refractivity (Wildman–Crippen MR) is 73.3 cm³/mol. The molecule has 0 radical (unpaired) electrons. The average Bonchev–Trinajstić information content (AvgIpc) is 2.90. The van der Waals surface area contributed by atoms with E-state index in [1.165, 1.54) is 12.7 Å². The quantitative estimate of drug-likeness (QED) is 0.800. The first-order valence-corrected chi connectivity index (χ1v) is 6.80. The number of ether oxygens (including phenoxy) is 2. The first-order chi connectivity index (χ1) is 9.24. The fourth-order valence-corrected chi connectivity index (χ4v) is 2.30. The van der Waals surface area contributed by atoms with Crippen molar-refractivity contribution in [2.24, 2.45) is 0 Å². The highest BCUT2D eigenvalue weighted by molar-refractivity contribution is 5.70. The van der Waals surface area contributed by atoms with Crippen molar-refractivity contribution in [3.63, 3.8) is 0 Å². The van der Waals surface area contributed by atoms with Crippen LogP contribution in [-0.4, -0.2) is 26.2 Å². The predicted octanol–water partition coefficient (Wildman–Crippen LogP) is 2.23. The molecular weight excluding hydrogens is 242 g/mol.